The maximum Gasteiger partial charge on any atom is 0.289 e. The Morgan fingerprint density at radius 1 is 1.30 bits per heavy atom. The lowest BCUT2D eigenvalue weighted by Crippen LogP contribution is -2.45. The summed E-state index contributed by atoms with van der Waals surface area (Å²) < 4.78 is 27.6. The number of allylic oxidation sites excluding steroid dienone is 1. The molecule has 1 aromatic rings. The molecule has 0 amide bonds. The Labute approximate surface area is 135 Å². The summed E-state index contributed by atoms with van der Waals surface area (Å²) >= 11 is 0. The summed E-state index contributed by atoms with van der Waals surface area (Å²) in [4.78, 5) is 10.3. The van der Waals surface area contributed by atoms with Crippen molar-refractivity contribution in [1.82, 2.24) is 4.31 Å². The molecule has 4 rings (SSSR count). The molecule has 122 valence electrons. The fourth-order valence-electron chi connectivity index (χ4n) is 4.67. The Morgan fingerprint density at radius 2 is 2.04 bits per heavy atom. The fourth-order valence-corrected chi connectivity index (χ4v) is 6.46. The van der Waals surface area contributed by atoms with E-state index in [1.807, 2.05) is 6.08 Å². The Kier molecular flexibility index (Phi) is 2.91. The van der Waals surface area contributed by atoms with E-state index in [0.717, 1.165) is 19.3 Å². The zero-order valence-electron chi connectivity index (χ0n) is 12.8. The number of nitro benzene ring substituents is 1. The number of hydrogen-bond donors (Lipinski definition) is 0. The molecule has 3 aliphatic rings. The number of hydrogen-bond acceptors (Lipinski definition) is 4. The van der Waals surface area contributed by atoms with Gasteiger partial charge in [-0.25, -0.2) is 8.42 Å². The van der Waals surface area contributed by atoms with Crippen LogP contribution in [0.1, 0.15) is 26.2 Å². The minimum absolute atomic E-state index is 0.0103. The van der Waals surface area contributed by atoms with Crippen LogP contribution in [0, 0.1) is 27.4 Å². The molecule has 7 heteroatoms. The van der Waals surface area contributed by atoms with Gasteiger partial charge in [-0.15, -0.1) is 0 Å². The third-order valence-electron chi connectivity index (χ3n) is 5.92. The summed E-state index contributed by atoms with van der Waals surface area (Å²) in [6, 6.07) is 5.48. The van der Waals surface area contributed by atoms with Gasteiger partial charge in [0.25, 0.3) is 15.7 Å². The number of benzene rings is 1. The molecule has 0 unspecified atom stereocenters. The molecule has 2 aliphatic carbocycles. The molecule has 1 aliphatic heterocycles. The van der Waals surface area contributed by atoms with Crippen molar-refractivity contribution < 1.29 is 13.3 Å². The average molecular weight is 334 g/mol. The second kappa shape index (κ2) is 4.56. The molecule has 6 nitrogen and oxygen atoms in total. The summed E-state index contributed by atoms with van der Waals surface area (Å²) in [6.07, 6.45) is 6.56. The first-order chi connectivity index (χ1) is 10.9. The molecule has 0 aromatic heterocycles. The number of rotatable bonds is 3. The SMILES string of the molecule is C[C@]12[C@@H]3C=CN(S(=O)(=O)c4ccccc4[N+](=O)[O-])[C@H]1CCC[C@@H]32. The number of fused-ring (bicyclic) bond motifs is 1. The van der Waals surface area contributed by atoms with Crippen molar-refractivity contribution in [3.05, 3.63) is 46.7 Å². The van der Waals surface area contributed by atoms with Gasteiger partial charge in [0.05, 0.1) is 11.0 Å². The van der Waals surface area contributed by atoms with E-state index in [1.165, 1.54) is 28.6 Å². The minimum Gasteiger partial charge on any atom is -0.270 e. The second-order valence-electron chi connectivity index (χ2n) is 6.85. The molecule has 4 atom stereocenters. The normalized spacial score (nSPS) is 34.8. The standard InChI is InChI=1S/C16H18N2O4S/c1-16-11-5-4-8-15(16)17(10-9-12(11)16)23(21,22)14-7-3-2-6-13(14)18(19)20/h2-3,6-7,9-12,15H,4-5,8H2,1H3/t11-,12+,15-,16-/m0/s1. The van der Waals surface area contributed by atoms with Gasteiger partial charge in [0, 0.05) is 12.3 Å². The van der Waals surface area contributed by atoms with Crippen LogP contribution in [0.15, 0.2) is 41.4 Å². The minimum atomic E-state index is -3.93. The molecule has 0 spiro atoms. The van der Waals surface area contributed by atoms with Gasteiger partial charge >= 0.3 is 0 Å². The maximum absolute atomic E-state index is 13.1. The molecule has 0 saturated heterocycles. The van der Waals surface area contributed by atoms with Crippen LogP contribution in [-0.4, -0.2) is 23.7 Å². The highest BCUT2D eigenvalue weighted by Crippen LogP contribution is 2.69. The van der Waals surface area contributed by atoms with Crippen molar-refractivity contribution in [2.75, 3.05) is 0 Å². The Bertz CT molecular complexity index is 819. The Morgan fingerprint density at radius 3 is 2.78 bits per heavy atom. The topological polar surface area (TPSA) is 80.5 Å². The van der Waals surface area contributed by atoms with Gasteiger partial charge in [-0.05, 0) is 36.2 Å². The van der Waals surface area contributed by atoms with Gasteiger partial charge in [-0.2, -0.15) is 0 Å². The predicted molar refractivity (Wildman–Crippen MR) is 84.0 cm³/mol. The summed E-state index contributed by atoms with van der Waals surface area (Å²) in [7, 11) is -3.93. The zero-order chi connectivity index (χ0) is 16.4. The lowest BCUT2D eigenvalue weighted by molar-refractivity contribution is -0.387. The van der Waals surface area contributed by atoms with E-state index in [0.29, 0.717) is 11.8 Å². The zero-order valence-corrected chi connectivity index (χ0v) is 13.6. The monoisotopic (exact) mass is 334 g/mol. The summed E-state index contributed by atoms with van der Waals surface area (Å²) in [5, 5.41) is 11.2. The van der Waals surface area contributed by atoms with Crippen LogP contribution in [0.3, 0.4) is 0 Å². The number of para-hydroxylation sites is 1. The number of nitro groups is 1. The molecule has 2 fully saturated rings. The van der Waals surface area contributed by atoms with Crippen molar-refractivity contribution in [2.45, 2.75) is 37.1 Å². The van der Waals surface area contributed by atoms with Crippen molar-refractivity contribution in [3.8, 4) is 0 Å². The summed E-state index contributed by atoms with van der Waals surface area (Å²) in [5.74, 6) is 0.996. The van der Waals surface area contributed by atoms with E-state index < -0.39 is 14.9 Å². The van der Waals surface area contributed by atoms with Gasteiger partial charge in [0.2, 0.25) is 0 Å². The highest BCUT2D eigenvalue weighted by molar-refractivity contribution is 7.89. The van der Waals surface area contributed by atoms with Crippen LogP contribution in [-0.2, 0) is 10.0 Å². The molecular formula is C16H18N2O4S. The average Bonchev–Trinajstić information content (AvgIpc) is 3.12. The predicted octanol–water partition coefficient (Wildman–Crippen LogP) is 2.92. The lowest BCUT2D eigenvalue weighted by Gasteiger charge is -2.39. The first-order valence-corrected chi connectivity index (χ1v) is 9.28. The summed E-state index contributed by atoms with van der Waals surface area (Å²) in [5.41, 5.74) is -0.375. The number of nitrogens with zero attached hydrogens (tertiary/aromatic N) is 2. The van der Waals surface area contributed by atoms with Crippen LogP contribution in [0.25, 0.3) is 0 Å². The molecule has 0 bridgehead atoms. The third-order valence-corrected chi connectivity index (χ3v) is 7.75. The smallest absolute Gasteiger partial charge is 0.270 e. The fraction of sp³-hybridized carbons (Fsp3) is 0.500. The van der Waals surface area contributed by atoms with E-state index in [1.54, 1.807) is 6.20 Å². The Hall–Kier alpha value is -1.89. The van der Waals surface area contributed by atoms with E-state index in [-0.39, 0.29) is 22.0 Å². The van der Waals surface area contributed by atoms with E-state index >= 15 is 0 Å². The molecule has 0 radical (unpaired) electrons. The van der Waals surface area contributed by atoms with E-state index in [9.17, 15) is 18.5 Å². The van der Waals surface area contributed by atoms with Crippen LogP contribution in [0.5, 0.6) is 0 Å². The van der Waals surface area contributed by atoms with Gasteiger partial charge in [0.15, 0.2) is 4.90 Å². The molecule has 23 heavy (non-hydrogen) atoms. The third kappa shape index (κ3) is 1.83. The molecule has 1 aromatic carbocycles. The van der Waals surface area contributed by atoms with Crippen molar-refractivity contribution >= 4 is 15.7 Å². The van der Waals surface area contributed by atoms with Crippen LogP contribution >= 0.6 is 0 Å². The van der Waals surface area contributed by atoms with Crippen molar-refractivity contribution in [3.63, 3.8) is 0 Å². The van der Waals surface area contributed by atoms with E-state index in [2.05, 4.69) is 6.92 Å². The lowest BCUT2D eigenvalue weighted by atomic mass is 9.84. The molecule has 0 N–H and O–H groups in total. The molecule has 1 heterocycles. The summed E-state index contributed by atoms with van der Waals surface area (Å²) in [6.45, 7) is 2.15. The Balaban J connectivity index is 1.80. The highest BCUT2D eigenvalue weighted by Gasteiger charge is 2.68. The van der Waals surface area contributed by atoms with Gasteiger partial charge in [-0.3, -0.25) is 14.4 Å². The van der Waals surface area contributed by atoms with Gasteiger partial charge in [-0.1, -0.05) is 31.6 Å². The van der Waals surface area contributed by atoms with Crippen LogP contribution < -0.4 is 0 Å². The molecule has 2 saturated carbocycles. The van der Waals surface area contributed by atoms with Crippen LogP contribution in [0.2, 0.25) is 0 Å². The number of sulfonamides is 1. The molecular weight excluding hydrogens is 316 g/mol. The van der Waals surface area contributed by atoms with Crippen molar-refractivity contribution in [2.24, 2.45) is 17.3 Å². The first-order valence-electron chi connectivity index (χ1n) is 7.84. The first kappa shape index (κ1) is 14.7. The van der Waals surface area contributed by atoms with Gasteiger partial charge in [0.1, 0.15) is 0 Å². The quantitative estimate of drug-likeness (QED) is 0.629. The highest BCUT2D eigenvalue weighted by atomic mass is 32.2. The largest absolute Gasteiger partial charge is 0.289 e. The second-order valence-corrected chi connectivity index (χ2v) is 8.66. The maximum atomic E-state index is 13.1. The van der Waals surface area contributed by atoms with Crippen molar-refractivity contribution in [1.29, 1.82) is 0 Å². The van der Waals surface area contributed by atoms with Crippen LogP contribution in [0.4, 0.5) is 5.69 Å². The van der Waals surface area contributed by atoms with E-state index in [4.69, 9.17) is 0 Å². The van der Waals surface area contributed by atoms with Gasteiger partial charge < -0.3 is 0 Å².